The lowest BCUT2D eigenvalue weighted by atomic mass is 9.79. The number of carbonyl (C=O) groups excluding carboxylic acids is 1. The number of amides is 1. The zero-order valence-corrected chi connectivity index (χ0v) is 23.4. The molecule has 0 saturated heterocycles. The summed E-state index contributed by atoms with van der Waals surface area (Å²) in [4.78, 5) is 15.0. The quantitative estimate of drug-likeness (QED) is 0.273. The molecule has 1 amide bonds. The standard InChI is InChI=1S/C33H39FN2O4/c1-23(40-29-10-6-9-28(19-29)38-18-17-35-2)26-13-11-24(12-14-26)20-36-21-27-15-16-30(32(34)31(27)33(36)37)39-22-25-7-4-3-5-8-25/h3-10,15-16,19,23-24,26,35H,11-14,17-18,20-22H2,1-2H3. The van der Waals surface area contributed by atoms with Gasteiger partial charge in [0, 0.05) is 25.7 Å². The fraction of sp³-hybridized carbons (Fsp3) is 0.424. The molecule has 0 aromatic heterocycles. The van der Waals surface area contributed by atoms with Crippen LogP contribution in [-0.4, -0.2) is 43.7 Å². The number of likely N-dealkylation sites (N-methyl/N-ethyl adjacent to an activating group) is 1. The van der Waals surface area contributed by atoms with E-state index >= 15 is 4.39 Å². The van der Waals surface area contributed by atoms with Crippen molar-refractivity contribution in [3.05, 3.63) is 89.2 Å². The van der Waals surface area contributed by atoms with E-state index in [-0.39, 0.29) is 29.9 Å². The van der Waals surface area contributed by atoms with Crippen LogP contribution in [0.1, 0.15) is 54.1 Å². The predicted octanol–water partition coefficient (Wildman–Crippen LogP) is 6.23. The summed E-state index contributed by atoms with van der Waals surface area (Å²) in [5, 5.41) is 3.08. The molecule has 1 atom stereocenters. The van der Waals surface area contributed by atoms with Crippen molar-refractivity contribution in [3.8, 4) is 17.2 Å². The van der Waals surface area contributed by atoms with Crippen LogP contribution in [0.4, 0.5) is 4.39 Å². The van der Waals surface area contributed by atoms with Gasteiger partial charge in [0.1, 0.15) is 24.7 Å². The van der Waals surface area contributed by atoms with E-state index in [4.69, 9.17) is 14.2 Å². The first-order valence-corrected chi connectivity index (χ1v) is 14.3. The molecule has 0 radical (unpaired) electrons. The Kier molecular flexibility index (Phi) is 9.22. The van der Waals surface area contributed by atoms with Gasteiger partial charge in [-0.15, -0.1) is 0 Å². The molecule has 1 aliphatic heterocycles. The number of fused-ring (bicyclic) bond motifs is 1. The highest BCUT2D eigenvalue weighted by molar-refractivity contribution is 5.99. The third-order valence-electron chi connectivity index (χ3n) is 8.07. The van der Waals surface area contributed by atoms with Crippen LogP contribution in [0.15, 0.2) is 66.7 Å². The number of rotatable bonds is 12. The van der Waals surface area contributed by atoms with E-state index < -0.39 is 5.82 Å². The minimum atomic E-state index is -0.549. The average molecular weight is 547 g/mol. The SMILES string of the molecule is CNCCOc1cccc(OC(C)C2CCC(CN3Cc4ccc(OCc5ccccc5)c(F)c4C3=O)CC2)c1. The Morgan fingerprint density at radius 3 is 2.52 bits per heavy atom. The van der Waals surface area contributed by atoms with Crippen molar-refractivity contribution in [3.63, 3.8) is 0 Å². The first-order chi connectivity index (χ1) is 19.5. The van der Waals surface area contributed by atoms with Crippen molar-refractivity contribution >= 4 is 5.91 Å². The molecule has 1 N–H and O–H groups in total. The Morgan fingerprint density at radius 1 is 0.975 bits per heavy atom. The van der Waals surface area contributed by atoms with E-state index in [9.17, 15) is 4.79 Å². The molecule has 5 rings (SSSR count). The fourth-order valence-electron chi connectivity index (χ4n) is 5.76. The number of nitrogens with zero attached hydrogens (tertiary/aromatic N) is 1. The largest absolute Gasteiger partial charge is 0.492 e. The molecule has 0 spiro atoms. The smallest absolute Gasteiger partial charge is 0.257 e. The third kappa shape index (κ3) is 6.76. The maximum Gasteiger partial charge on any atom is 0.257 e. The average Bonchev–Trinajstić information content (AvgIpc) is 3.29. The molecule has 0 bridgehead atoms. The zero-order chi connectivity index (χ0) is 27.9. The topological polar surface area (TPSA) is 60.0 Å². The van der Waals surface area contributed by atoms with Crippen LogP contribution in [0.3, 0.4) is 0 Å². The molecule has 212 valence electrons. The van der Waals surface area contributed by atoms with Crippen molar-refractivity contribution in [1.82, 2.24) is 10.2 Å². The Bertz CT molecular complexity index is 1280. The summed E-state index contributed by atoms with van der Waals surface area (Å²) in [5.74, 6) is 1.85. The van der Waals surface area contributed by atoms with E-state index in [1.54, 1.807) is 11.0 Å². The van der Waals surface area contributed by atoms with Gasteiger partial charge in [-0.1, -0.05) is 42.5 Å². The molecule has 3 aromatic carbocycles. The number of hydrogen-bond acceptors (Lipinski definition) is 5. The first kappa shape index (κ1) is 28.0. The zero-order valence-electron chi connectivity index (χ0n) is 23.4. The number of nitrogens with one attached hydrogen (secondary N) is 1. The number of hydrogen-bond donors (Lipinski definition) is 1. The van der Waals surface area contributed by atoms with E-state index in [1.165, 1.54) is 0 Å². The summed E-state index contributed by atoms with van der Waals surface area (Å²) in [5.41, 5.74) is 1.86. The highest BCUT2D eigenvalue weighted by atomic mass is 19.1. The molecule has 1 saturated carbocycles. The van der Waals surface area contributed by atoms with Crippen molar-refractivity contribution in [1.29, 1.82) is 0 Å². The third-order valence-corrected chi connectivity index (χ3v) is 8.07. The van der Waals surface area contributed by atoms with Crippen LogP contribution in [-0.2, 0) is 13.2 Å². The van der Waals surface area contributed by atoms with Gasteiger partial charge in [0.2, 0.25) is 0 Å². The van der Waals surface area contributed by atoms with Gasteiger partial charge in [-0.25, -0.2) is 4.39 Å². The highest BCUT2D eigenvalue weighted by Gasteiger charge is 2.35. The van der Waals surface area contributed by atoms with Crippen LogP contribution in [0, 0.1) is 17.7 Å². The predicted molar refractivity (Wildman–Crippen MR) is 153 cm³/mol. The van der Waals surface area contributed by atoms with Gasteiger partial charge < -0.3 is 24.4 Å². The van der Waals surface area contributed by atoms with E-state index in [0.717, 1.165) is 54.9 Å². The normalized spacial score (nSPS) is 19.3. The maximum absolute atomic E-state index is 15.3. The van der Waals surface area contributed by atoms with Gasteiger partial charge in [-0.05, 0) is 80.8 Å². The molecule has 6 nitrogen and oxygen atoms in total. The van der Waals surface area contributed by atoms with Crippen molar-refractivity contribution in [2.24, 2.45) is 11.8 Å². The van der Waals surface area contributed by atoms with Crippen molar-refractivity contribution in [2.75, 3.05) is 26.7 Å². The highest BCUT2D eigenvalue weighted by Crippen LogP contribution is 2.36. The second kappa shape index (κ2) is 13.2. The molecular weight excluding hydrogens is 507 g/mol. The molecule has 2 aliphatic rings. The second-order valence-electron chi connectivity index (χ2n) is 10.9. The van der Waals surface area contributed by atoms with Crippen LogP contribution in [0.2, 0.25) is 0 Å². The Hall–Kier alpha value is -3.58. The van der Waals surface area contributed by atoms with Gasteiger partial charge in [0.05, 0.1) is 11.7 Å². The van der Waals surface area contributed by atoms with Crippen LogP contribution < -0.4 is 19.5 Å². The molecule has 40 heavy (non-hydrogen) atoms. The minimum Gasteiger partial charge on any atom is -0.492 e. The summed E-state index contributed by atoms with van der Waals surface area (Å²) in [6.45, 7) is 4.91. The van der Waals surface area contributed by atoms with Crippen LogP contribution >= 0.6 is 0 Å². The van der Waals surface area contributed by atoms with Gasteiger partial charge in [-0.2, -0.15) is 0 Å². The van der Waals surface area contributed by atoms with Crippen molar-refractivity contribution < 1.29 is 23.4 Å². The molecular formula is C33H39FN2O4. The monoisotopic (exact) mass is 546 g/mol. The molecule has 1 aliphatic carbocycles. The summed E-state index contributed by atoms with van der Waals surface area (Å²) in [7, 11) is 1.90. The molecule has 7 heteroatoms. The lowest BCUT2D eigenvalue weighted by Crippen LogP contribution is -2.34. The molecule has 1 fully saturated rings. The van der Waals surface area contributed by atoms with Gasteiger partial charge in [0.25, 0.3) is 5.91 Å². The summed E-state index contributed by atoms with van der Waals surface area (Å²) in [6, 6.07) is 20.9. The number of carbonyl (C=O) groups is 1. The number of benzene rings is 3. The van der Waals surface area contributed by atoms with Crippen molar-refractivity contribution in [2.45, 2.75) is 51.9 Å². The Balaban J connectivity index is 1.11. The second-order valence-corrected chi connectivity index (χ2v) is 10.9. The Morgan fingerprint density at radius 2 is 1.75 bits per heavy atom. The first-order valence-electron chi connectivity index (χ1n) is 14.3. The van der Waals surface area contributed by atoms with Crippen LogP contribution in [0.5, 0.6) is 17.2 Å². The fourth-order valence-corrected chi connectivity index (χ4v) is 5.76. The number of halogens is 1. The lowest BCUT2D eigenvalue weighted by molar-refractivity contribution is 0.0682. The van der Waals surface area contributed by atoms with Gasteiger partial charge in [-0.3, -0.25) is 4.79 Å². The van der Waals surface area contributed by atoms with E-state index in [0.29, 0.717) is 31.5 Å². The molecule has 3 aromatic rings. The van der Waals surface area contributed by atoms with Crippen LogP contribution in [0.25, 0.3) is 0 Å². The van der Waals surface area contributed by atoms with E-state index in [1.807, 2.05) is 67.7 Å². The summed E-state index contributed by atoms with van der Waals surface area (Å²) in [6.07, 6.45) is 4.24. The van der Waals surface area contributed by atoms with Gasteiger partial charge in [0.15, 0.2) is 11.6 Å². The van der Waals surface area contributed by atoms with Gasteiger partial charge >= 0.3 is 0 Å². The molecule has 1 unspecified atom stereocenters. The van der Waals surface area contributed by atoms with E-state index in [2.05, 4.69) is 12.2 Å². The Labute approximate surface area is 236 Å². The maximum atomic E-state index is 15.3. The molecule has 1 heterocycles. The summed E-state index contributed by atoms with van der Waals surface area (Å²) < 4.78 is 33.1. The summed E-state index contributed by atoms with van der Waals surface area (Å²) >= 11 is 0. The number of ether oxygens (including phenoxy) is 3. The lowest BCUT2D eigenvalue weighted by Gasteiger charge is -2.34. The minimum absolute atomic E-state index is 0.0922.